The van der Waals surface area contributed by atoms with Gasteiger partial charge in [0.05, 0.1) is 17.9 Å². The summed E-state index contributed by atoms with van der Waals surface area (Å²) < 4.78 is 39.6. The molecule has 0 bridgehead atoms. The molecule has 1 aromatic carbocycles. The maximum atomic E-state index is 13.6. The van der Waals surface area contributed by atoms with E-state index >= 15 is 0 Å². The molecule has 1 aliphatic heterocycles. The fourth-order valence-electron chi connectivity index (χ4n) is 3.65. The second-order valence-electron chi connectivity index (χ2n) is 9.24. The summed E-state index contributed by atoms with van der Waals surface area (Å²) in [5, 5.41) is 0. The van der Waals surface area contributed by atoms with Gasteiger partial charge in [0.2, 0.25) is 5.88 Å². The van der Waals surface area contributed by atoms with Gasteiger partial charge in [-0.25, -0.2) is 13.4 Å². The number of hydrogen-bond acceptors (Lipinski definition) is 6. The number of rotatable bonds is 5. The number of fused-ring (bicyclic) bond motifs is 1. The van der Waals surface area contributed by atoms with Crippen LogP contribution < -0.4 is 9.04 Å². The maximum Gasteiger partial charge on any atom is 0.310 e. The molecule has 2 aromatic rings. The highest BCUT2D eigenvalue weighted by Crippen LogP contribution is 2.41. The van der Waals surface area contributed by atoms with Crippen LogP contribution in [0.3, 0.4) is 0 Å². The molecule has 7 nitrogen and oxygen atoms in total. The second-order valence-corrected chi connectivity index (χ2v) is 11.1. The van der Waals surface area contributed by atoms with Crippen molar-refractivity contribution in [1.82, 2.24) is 4.98 Å². The summed E-state index contributed by atoms with van der Waals surface area (Å²) >= 11 is 0. The number of carbonyl (C=O) groups is 1. The van der Waals surface area contributed by atoms with Crippen LogP contribution in [0.25, 0.3) is 0 Å². The number of anilines is 1. The molecule has 1 atom stereocenters. The number of ether oxygens (including phenoxy) is 2. The largest absolute Gasteiger partial charge is 0.471 e. The lowest BCUT2D eigenvalue weighted by atomic mass is 10.1. The van der Waals surface area contributed by atoms with E-state index in [1.807, 2.05) is 13.0 Å². The standard InChI is InChI=1S/C23H28N2O5S/c1-15-14-25(31(27,28)19-7-5-6-18(12-19)17-8-9-17)20-10-16(13-24-22(20)29-15)11-21(26)30-23(2,3)4/h5-7,10,12-13,15,17H,8-9,11,14H2,1-4H3/t15-/m0/s1. The summed E-state index contributed by atoms with van der Waals surface area (Å²) in [5.74, 6) is 0.299. The molecule has 0 unspecified atom stereocenters. The molecule has 166 valence electrons. The Labute approximate surface area is 183 Å². The molecular formula is C23H28N2O5S. The molecule has 2 heterocycles. The Hall–Kier alpha value is -2.61. The Bertz CT molecular complexity index is 1100. The van der Waals surface area contributed by atoms with Gasteiger partial charge in [0, 0.05) is 6.20 Å². The van der Waals surface area contributed by atoms with Gasteiger partial charge in [-0.2, -0.15) is 0 Å². The number of nitrogens with zero attached hydrogens (tertiary/aromatic N) is 2. The third-order valence-corrected chi connectivity index (χ3v) is 6.93. The molecule has 1 fully saturated rings. The molecule has 31 heavy (non-hydrogen) atoms. The molecular weight excluding hydrogens is 416 g/mol. The van der Waals surface area contributed by atoms with Crippen molar-refractivity contribution in [3.63, 3.8) is 0 Å². The Morgan fingerprint density at radius 1 is 1.26 bits per heavy atom. The SMILES string of the molecule is C[C@H]1CN(S(=O)(=O)c2cccc(C3CC3)c2)c2cc(CC(=O)OC(C)(C)C)cnc2O1. The first-order valence-electron chi connectivity index (χ1n) is 10.5. The van der Waals surface area contributed by atoms with Crippen LogP contribution in [-0.2, 0) is 26.0 Å². The highest BCUT2D eigenvalue weighted by molar-refractivity contribution is 7.92. The predicted octanol–water partition coefficient (Wildman–Crippen LogP) is 3.82. The molecule has 2 aliphatic rings. The van der Waals surface area contributed by atoms with Gasteiger partial charge in [-0.3, -0.25) is 9.10 Å². The lowest BCUT2D eigenvalue weighted by Gasteiger charge is -2.33. The van der Waals surface area contributed by atoms with Gasteiger partial charge in [-0.05, 0) is 75.8 Å². The van der Waals surface area contributed by atoms with Crippen LogP contribution in [0.2, 0.25) is 0 Å². The van der Waals surface area contributed by atoms with E-state index in [9.17, 15) is 13.2 Å². The molecule has 0 N–H and O–H groups in total. The molecule has 1 aliphatic carbocycles. The average Bonchev–Trinajstić information content (AvgIpc) is 3.51. The van der Waals surface area contributed by atoms with Crippen molar-refractivity contribution in [2.24, 2.45) is 0 Å². The molecule has 4 rings (SSSR count). The van der Waals surface area contributed by atoms with Gasteiger partial charge in [0.15, 0.2) is 0 Å². The summed E-state index contributed by atoms with van der Waals surface area (Å²) in [4.78, 5) is 16.8. The first kappa shape index (κ1) is 21.6. The van der Waals surface area contributed by atoms with Gasteiger partial charge in [-0.1, -0.05) is 12.1 Å². The number of sulfonamides is 1. The van der Waals surface area contributed by atoms with Crippen LogP contribution in [0.5, 0.6) is 5.88 Å². The van der Waals surface area contributed by atoms with E-state index in [0.717, 1.165) is 18.4 Å². The Kier molecular flexibility index (Phi) is 5.45. The zero-order valence-electron chi connectivity index (χ0n) is 18.3. The van der Waals surface area contributed by atoms with Crippen molar-refractivity contribution in [2.75, 3.05) is 10.8 Å². The lowest BCUT2D eigenvalue weighted by molar-refractivity contribution is -0.153. The monoisotopic (exact) mass is 444 g/mol. The van der Waals surface area contributed by atoms with Crippen LogP contribution in [-0.4, -0.2) is 37.6 Å². The first-order valence-corrected chi connectivity index (χ1v) is 12.0. The van der Waals surface area contributed by atoms with Gasteiger partial charge < -0.3 is 9.47 Å². The predicted molar refractivity (Wildman–Crippen MR) is 117 cm³/mol. The van der Waals surface area contributed by atoms with Gasteiger partial charge >= 0.3 is 5.97 Å². The average molecular weight is 445 g/mol. The highest BCUT2D eigenvalue weighted by atomic mass is 32.2. The molecule has 0 amide bonds. The van der Waals surface area contributed by atoms with Crippen molar-refractivity contribution < 1.29 is 22.7 Å². The minimum absolute atomic E-state index is 0.00183. The van der Waals surface area contributed by atoms with E-state index in [2.05, 4.69) is 4.98 Å². The Morgan fingerprint density at radius 3 is 2.68 bits per heavy atom. The third-order valence-electron chi connectivity index (χ3n) is 5.16. The number of pyridine rings is 1. The molecule has 0 radical (unpaired) electrons. The fourth-order valence-corrected chi connectivity index (χ4v) is 5.24. The Morgan fingerprint density at radius 2 is 2.00 bits per heavy atom. The number of carbonyl (C=O) groups excluding carboxylic acids is 1. The normalized spacial score (nSPS) is 18.8. The van der Waals surface area contributed by atoms with Crippen molar-refractivity contribution in [3.8, 4) is 5.88 Å². The Balaban J connectivity index is 1.67. The van der Waals surface area contributed by atoms with Crippen molar-refractivity contribution >= 4 is 21.7 Å². The molecule has 1 saturated carbocycles. The lowest BCUT2D eigenvalue weighted by Crippen LogP contribution is -2.42. The van der Waals surface area contributed by atoms with E-state index in [0.29, 0.717) is 17.2 Å². The van der Waals surface area contributed by atoms with Gasteiger partial charge in [0.1, 0.15) is 17.4 Å². The topological polar surface area (TPSA) is 85.8 Å². The van der Waals surface area contributed by atoms with Crippen molar-refractivity contribution in [2.45, 2.75) is 69.5 Å². The zero-order valence-corrected chi connectivity index (χ0v) is 19.1. The number of esters is 1. The summed E-state index contributed by atoms with van der Waals surface area (Å²) in [5.41, 5.74) is 1.37. The van der Waals surface area contributed by atoms with E-state index in [1.165, 1.54) is 10.5 Å². The summed E-state index contributed by atoms with van der Waals surface area (Å²) in [6.45, 7) is 7.38. The van der Waals surface area contributed by atoms with E-state index in [1.54, 1.807) is 45.0 Å². The number of hydrogen-bond donors (Lipinski definition) is 0. The van der Waals surface area contributed by atoms with Crippen molar-refractivity contribution in [3.05, 3.63) is 47.7 Å². The van der Waals surface area contributed by atoms with Gasteiger partial charge in [0.25, 0.3) is 10.0 Å². The van der Waals surface area contributed by atoms with Crippen molar-refractivity contribution in [1.29, 1.82) is 0 Å². The van der Waals surface area contributed by atoms with Gasteiger partial charge in [-0.15, -0.1) is 0 Å². The summed E-state index contributed by atoms with van der Waals surface area (Å²) in [6.07, 6.45) is 3.37. The molecule has 0 spiro atoms. The number of benzene rings is 1. The fraction of sp³-hybridized carbons (Fsp3) is 0.478. The highest BCUT2D eigenvalue weighted by Gasteiger charge is 2.35. The summed E-state index contributed by atoms with van der Waals surface area (Å²) in [7, 11) is -3.81. The van der Waals surface area contributed by atoms with E-state index < -0.39 is 21.6 Å². The second kappa shape index (κ2) is 7.82. The van der Waals surface area contributed by atoms with Crippen LogP contribution in [0.4, 0.5) is 5.69 Å². The summed E-state index contributed by atoms with van der Waals surface area (Å²) in [6, 6.07) is 8.82. The van der Waals surface area contributed by atoms with Crippen LogP contribution in [0, 0.1) is 0 Å². The quantitative estimate of drug-likeness (QED) is 0.652. The maximum absolute atomic E-state index is 13.6. The minimum Gasteiger partial charge on any atom is -0.471 e. The molecule has 1 aromatic heterocycles. The minimum atomic E-state index is -3.81. The van der Waals surface area contributed by atoms with E-state index in [-0.39, 0.29) is 29.8 Å². The number of aromatic nitrogens is 1. The zero-order chi connectivity index (χ0) is 22.4. The third kappa shape index (κ3) is 4.84. The van der Waals surface area contributed by atoms with Crippen LogP contribution in [0.1, 0.15) is 57.6 Å². The van der Waals surface area contributed by atoms with Crippen LogP contribution >= 0.6 is 0 Å². The smallest absolute Gasteiger partial charge is 0.310 e. The van der Waals surface area contributed by atoms with E-state index in [4.69, 9.17) is 9.47 Å². The first-order chi connectivity index (χ1) is 14.5. The van der Waals surface area contributed by atoms with Crippen LogP contribution in [0.15, 0.2) is 41.4 Å². The molecule has 0 saturated heterocycles. The molecule has 8 heteroatoms.